The summed E-state index contributed by atoms with van der Waals surface area (Å²) in [5.41, 5.74) is 3.55. The van der Waals surface area contributed by atoms with Crippen LogP contribution in [0.15, 0.2) is 54.6 Å². The Balaban J connectivity index is 1.55. The Labute approximate surface area is 197 Å². The lowest BCUT2D eigenvalue weighted by Crippen LogP contribution is -2.13. The van der Waals surface area contributed by atoms with Crippen LogP contribution in [0, 0.1) is 6.92 Å². The molecule has 174 valence electrons. The van der Waals surface area contributed by atoms with E-state index in [0.29, 0.717) is 45.0 Å². The predicted octanol–water partition coefficient (Wildman–Crippen LogP) is 4.88. The van der Waals surface area contributed by atoms with Crippen LogP contribution >= 0.6 is 0 Å². The van der Waals surface area contributed by atoms with Gasteiger partial charge in [0, 0.05) is 18.4 Å². The molecule has 0 atom stereocenters. The van der Waals surface area contributed by atoms with Gasteiger partial charge in [-0.15, -0.1) is 0 Å². The van der Waals surface area contributed by atoms with Crippen molar-refractivity contribution in [2.45, 2.75) is 26.7 Å². The minimum atomic E-state index is -0.490. The van der Waals surface area contributed by atoms with Crippen molar-refractivity contribution in [1.29, 1.82) is 0 Å². The van der Waals surface area contributed by atoms with Gasteiger partial charge in [-0.2, -0.15) is 5.10 Å². The summed E-state index contributed by atoms with van der Waals surface area (Å²) in [7, 11) is 3.32. The van der Waals surface area contributed by atoms with Crippen molar-refractivity contribution in [3.8, 4) is 11.5 Å². The SMILES string of the molecule is COc1ccccc1C(=O)Nc1ccc(OC(=O)c2cc(C(C)C)nc3c2c(C)nn3C)cc1. The van der Waals surface area contributed by atoms with Gasteiger partial charge in [-0.25, -0.2) is 9.78 Å². The van der Waals surface area contributed by atoms with Crippen LogP contribution in [0.3, 0.4) is 0 Å². The van der Waals surface area contributed by atoms with Crippen molar-refractivity contribution in [2.24, 2.45) is 7.05 Å². The zero-order valence-corrected chi connectivity index (χ0v) is 19.7. The van der Waals surface area contributed by atoms with Crippen LogP contribution in [0.2, 0.25) is 0 Å². The number of para-hydroxylation sites is 1. The molecule has 0 aliphatic carbocycles. The number of hydrogen-bond acceptors (Lipinski definition) is 6. The maximum absolute atomic E-state index is 13.1. The van der Waals surface area contributed by atoms with E-state index in [-0.39, 0.29) is 11.8 Å². The Kier molecular flexibility index (Phi) is 6.32. The van der Waals surface area contributed by atoms with Gasteiger partial charge in [-0.05, 0) is 55.3 Å². The van der Waals surface area contributed by atoms with Crippen molar-refractivity contribution >= 4 is 28.6 Å². The number of amides is 1. The summed E-state index contributed by atoms with van der Waals surface area (Å²) in [5.74, 6) is 0.196. The molecule has 2 aromatic carbocycles. The highest BCUT2D eigenvalue weighted by atomic mass is 16.5. The number of pyridine rings is 1. The van der Waals surface area contributed by atoms with Crippen LogP contribution < -0.4 is 14.8 Å². The molecule has 0 spiro atoms. The van der Waals surface area contributed by atoms with Gasteiger partial charge in [0.2, 0.25) is 0 Å². The lowest BCUT2D eigenvalue weighted by atomic mass is 10.0. The van der Waals surface area contributed by atoms with Gasteiger partial charge in [0.05, 0.1) is 29.3 Å². The third-order valence-corrected chi connectivity index (χ3v) is 5.47. The summed E-state index contributed by atoms with van der Waals surface area (Å²) in [6.07, 6.45) is 0. The maximum atomic E-state index is 13.1. The molecule has 0 aliphatic heterocycles. The number of anilines is 1. The number of aromatic nitrogens is 3. The second kappa shape index (κ2) is 9.35. The minimum absolute atomic E-state index is 0.136. The van der Waals surface area contributed by atoms with E-state index in [2.05, 4.69) is 15.4 Å². The molecule has 8 heteroatoms. The molecule has 0 saturated carbocycles. The number of nitrogens with one attached hydrogen (secondary N) is 1. The topological polar surface area (TPSA) is 95.3 Å². The highest BCUT2D eigenvalue weighted by molar-refractivity contribution is 6.06. The Bertz CT molecular complexity index is 1370. The van der Waals surface area contributed by atoms with Gasteiger partial charge in [0.1, 0.15) is 11.5 Å². The predicted molar refractivity (Wildman–Crippen MR) is 130 cm³/mol. The maximum Gasteiger partial charge on any atom is 0.344 e. The van der Waals surface area contributed by atoms with Gasteiger partial charge in [-0.3, -0.25) is 9.48 Å². The number of esters is 1. The Morgan fingerprint density at radius 1 is 1.03 bits per heavy atom. The lowest BCUT2D eigenvalue weighted by Gasteiger charge is -2.11. The number of hydrogen-bond donors (Lipinski definition) is 1. The first-order valence-electron chi connectivity index (χ1n) is 10.9. The smallest absolute Gasteiger partial charge is 0.344 e. The number of carbonyl (C=O) groups is 2. The molecule has 1 N–H and O–H groups in total. The lowest BCUT2D eigenvalue weighted by molar-refractivity contribution is 0.0736. The first kappa shape index (κ1) is 23.0. The fourth-order valence-corrected chi connectivity index (χ4v) is 3.72. The van der Waals surface area contributed by atoms with Gasteiger partial charge in [0.25, 0.3) is 5.91 Å². The molecule has 4 aromatic rings. The largest absolute Gasteiger partial charge is 0.496 e. The van der Waals surface area contributed by atoms with E-state index < -0.39 is 5.97 Å². The summed E-state index contributed by atoms with van der Waals surface area (Å²) in [4.78, 5) is 30.4. The van der Waals surface area contributed by atoms with Gasteiger partial charge < -0.3 is 14.8 Å². The second-order valence-corrected chi connectivity index (χ2v) is 8.23. The van der Waals surface area contributed by atoms with E-state index >= 15 is 0 Å². The van der Waals surface area contributed by atoms with E-state index in [1.54, 1.807) is 66.3 Å². The molecular weight excluding hydrogens is 432 g/mol. The number of rotatable bonds is 6. The van der Waals surface area contributed by atoms with Crippen LogP contribution in [0.4, 0.5) is 5.69 Å². The quantitative estimate of drug-likeness (QED) is 0.327. The van der Waals surface area contributed by atoms with Crippen LogP contribution in [0.1, 0.15) is 51.9 Å². The summed E-state index contributed by atoms with van der Waals surface area (Å²) >= 11 is 0. The summed E-state index contributed by atoms with van der Waals surface area (Å²) < 4.78 is 12.6. The highest BCUT2D eigenvalue weighted by Crippen LogP contribution is 2.27. The monoisotopic (exact) mass is 458 g/mol. The molecular formula is C26H26N4O4. The van der Waals surface area contributed by atoms with Crippen LogP contribution in [0.25, 0.3) is 11.0 Å². The molecule has 0 unspecified atom stereocenters. The standard InChI is InChI=1S/C26H26N4O4/c1-15(2)21-14-20(23-16(3)29-30(4)24(23)28-21)26(32)34-18-12-10-17(11-13-18)27-25(31)19-8-6-7-9-22(19)33-5/h6-15H,1-5H3,(H,27,31). The summed E-state index contributed by atoms with van der Waals surface area (Å²) in [6, 6.07) is 15.4. The van der Waals surface area contributed by atoms with Crippen molar-refractivity contribution in [3.63, 3.8) is 0 Å². The molecule has 2 heterocycles. The van der Waals surface area contributed by atoms with Crippen molar-refractivity contribution < 1.29 is 19.1 Å². The molecule has 34 heavy (non-hydrogen) atoms. The van der Waals surface area contributed by atoms with Crippen LogP contribution in [-0.2, 0) is 7.05 Å². The summed E-state index contributed by atoms with van der Waals surface area (Å²) in [5, 5.41) is 7.91. The number of fused-ring (bicyclic) bond motifs is 1. The van der Waals surface area contributed by atoms with E-state index in [4.69, 9.17) is 9.47 Å². The fraction of sp³-hybridized carbons (Fsp3) is 0.231. The first-order valence-corrected chi connectivity index (χ1v) is 10.9. The Morgan fingerprint density at radius 2 is 1.74 bits per heavy atom. The molecule has 0 saturated heterocycles. The molecule has 1 amide bonds. The average molecular weight is 459 g/mol. The molecule has 0 fully saturated rings. The average Bonchev–Trinajstić information content (AvgIpc) is 3.12. The van der Waals surface area contributed by atoms with E-state index in [0.717, 1.165) is 5.69 Å². The molecule has 0 aliphatic rings. The molecule has 0 bridgehead atoms. The zero-order chi connectivity index (χ0) is 24.4. The van der Waals surface area contributed by atoms with Gasteiger partial charge in [-0.1, -0.05) is 26.0 Å². The number of carbonyl (C=O) groups excluding carboxylic acids is 2. The van der Waals surface area contributed by atoms with E-state index in [9.17, 15) is 9.59 Å². The third-order valence-electron chi connectivity index (χ3n) is 5.47. The third kappa shape index (κ3) is 4.47. The van der Waals surface area contributed by atoms with Gasteiger partial charge in [0.15, 0.2) is 5.65 Å². The summed E-state index contributed by atoms with van der Waals surface area (Å²) in [6.45, 7) is 5.88. The highest BCUT2D eigenvalue weighted by Gasteiger charge is 2.21. The number of nitrogens with zero attached hydrogens (tertiary/aromatic N) is 3. The normalized spacial score (nSPS) is 11.0. The number of aryl methyl sites for hydroxylation is 2. The fourth-order valence-electron chi connectivity index (χ4n) is 3.72. The molecule has 8 nitrogen and oxygen atoms in total. The van der Waals surface area contributed by atoms with Crippen molar-refractivity contribution in [3.05, 3.63) is 77.1 Å². The van der Waals surface area contributed by atoms with Crippen molar-refractivity contribution in [2.75, 3.05) is 12.4 Å². The molecule has 0 radical (unpaired) electrons. The zero-order valence-electron chi connectivity index (χ0n) is 19.7. The number of benzene rings is 2. The van der Waals surface area contributed by atoms with E-state index in [1.165, 1.54) is 7.11 Å². The van der Waals surface area contributed by atoms with Crippen LogP contribution in [0.5, 0.6) is 11.5 Å². The Hall–Kier alpha value is -4.20. The van der Waals surface area contributed by atoms with Gasteiger partial charge >= 0.3 is 5.97 Å². The second-order valence-electron chi connectivity index (χ2n) is 8.23. The van der Waals surface area contributed by atoms with E-state index in [1.807, 2.05) is 20.8 Å². The first-order chi connectivity index (χ1) is 16.3. The number of methoxy groups -OCH3 is 1. The Morgan fingerprint density at radius 3 is 2.41 bits per heavy atom. The minimum Gasteiger partial charge on any atom is -0.496 e. The van der Waals surface area contributed by atoms with Crippen molar-refractivity contribution in [1.82, 2.24) is 14.8 Å². The molecule has 4 rings (SSSR count). The molecule has 2 aromatic heterocycles. The number of ether oxygens (including phenoxy) is 2. The van der Waals surface area contributed by atoms with Crippen LogP contribution in [-0.4, -0.2) is 33.8 Å².